The lowest BCUT2D eigenvalue weighted by Gasteiger charge is -2.04. The zero-order valence-electron chi connectivity index (χ0n) is 17.2. The molecule has 0 bridgehead atoms. The molecule has 1 amide bonds. The van der Waals surface area contributed by atoms with Crippen molar-refractivity contribution in [1.82, 2.24) is 5.32 Å². The van der Waals surface area contributed by atoms with Crippen LogP contribution in [0.3, 0.4) is 0 Å². The molecule has 6 nitrogen and oxygen atoms in total. The Kier molecular flexibility index (Phi) is 5.52. The molecule has 0 spiro atoms. The van der Waals surface area contributed by atoms with Crippen molar-refractivity contribution >= 4 is 40.6 Å². The van der Waals surface area contributed by atoms with Gasteiger partial charge in [-0.1, -0.05) is 18.2 Å². The van der Waals surface area contributed by atoms with Crippen molar-refractivity contribution < 1.29 is 19.1 Å². The fourth-order valence-corrected chi connectivity index (χ4v) is 4.04. The topological polar surface area (TPSA) is 91.9 Å². The highest BCUT2D eigenvalue weighted by Gasteiger charge is 2.24. The van der Waals surface area contributed by atoms with Crippen molar-refractivity contribution in [3.05, 3.63) is 81.5 Å². The highest BCUT2D eigenvalue weighted by molar-refractivity contribution is 8.18. The normalized spacial score (nSPS) is 16.2. The van der Waals surface area contributed by atoms with Gasteiger partial charge in [0.05, 0.1) is 16.2 Å². The molecular formula is C24H20N2O4S. The smallest absolute Gasteiger partial charge is 0.335 e. The molecule has 1 saturated heterocycles. The first-order valence-electron chi connectivity index (χ1n) is 9.62. The fraction of sp³-hybridized carbons (Fsp3) is 0.125. The minimum Gasteiger partial charge on any atom is -0.478 e. The Morgan fingerprint density at radius 1 is 1.10 bits per heavy atom. The number of aliphatic imine (C=N–C) groups is 1. The van der Waals surface area contributed by atoms with Crippen LogP contribution in [0.25, 0.3) is 17.4 Å². The number of hydrogen-bond acceptors (Lipinski definition) is 5. The Morgan fingerprint density at radius 3 is 2.65 bits per heavy atom. The number of thioether (sulfide) groups is 1. The van der Waals surface area contributed by atoms with Gasteiger partial charge in [-0.2, -0.15) is 0 Å². The minimum absolute atomic E-state index is 0.227. The number of nitrogens with one attached hydrogen (secondary N) is 1. The molecule has 1 aliphatic rings. The second-order valence-electron chi connectivity index (χ2n) is 7.24. The Bertz CT molecular complexity index is 1270. The zero-order valence-corrected chi connectivity index (χ0v) is 18.0. The predicted molar refractivity (Wildman–Crippen MR) is 123 cm³/mol. The molecule has 0 radical (unpaired) electrons. The molecule has 0 atom stereocenters. The van der Waals surface area contributed by atoms with Gasteiger partial charge in [-0.25, -0.2) is 9.79 Å². The third kappa shape index (κ3) is 4.32. The van der Waals surface area contributed by atoms with Crippen LogP contribution < -0.4 is 5.32 Å². The van der Waals surface area contributed by atoms with Crippen molar-refractivity contribution in [2.24, 2.45) is 4.99 Å². The number of amidine groups is 1. The largest absolute Gasteiger partial charge is 0.478 e. The third-order valence-electron chi connectivity index (χ3n) is 5.09. The maximum atomic E-state index is 12.4. The summed E-state index contributed by atoms with van der Waals surface area (Å²) in [4.78, 5) is 28.6. The first kappa shape index (κ1) is 20.7. The van der Waals surface area contributed by atoms with Crippen LogP contribution in [0.1, 0.15) is 32.8 Å². The van der Waals surface area contributed by atoms with E-state index < -0.39 is 5.97 Å². The van der Waals surface area contributed by atoms with Gasteiger partial charge in [0.2, 0.25) is 0 Å². The van der Waals surface area contributed by atoms with Gasteiger partial charge in [0.25, 0.3) is 5.91 Å². The molecule has 7 heteroatoms. The number of benzene rings is 2. The number of carbonyl (C=O) groups excluding carboxylic acids is 1. The Hall–Kier alpha value is -3.58. The van der Waals surface area contributed by atoms with Crippen LogP contribution in [0.15, 0.2) is 62.8 Å². The molecule has 1 aliphatic heterocycles. The number of aromatic carboxylic acids is 1. The van der Waals surface area contributed by atoms with Crippen LogP contribution in [-0.4, -0.2) is 22.2 Å². The van der Waals surface area contributed by atoms with Gasteiger partial charge >= 0.3 is 5.97 Å². The van der Waals surface area contributed by atoms with E-state index in [-0.39, 0.29) is 11.5 Å². The SMILES string of the molecule is Cc1cc(C(=O)O)ccc1-c1ccc(/C=C2\SC(=Nc3cccc(C)c3C)NC2=O)o1. The summed E-state index contributed by atoms with van der Waals surface area (Å²) in [5, 5.41) is 12.4. The van der Waals surface area contributed by atoms with Gasteiger partial charge in [0.15, 0.2) is 5.17 Å². The van der Waals surface area contributed by atoms with E-state index in [4.69, 9.17) is 9.52 Å². The second-order valence-corrected chi connectivity index (χ2v) is 8.27. The fourth-order valence-electron chi connectivity index (χ4n) is 3.22. The Labute approximate surface area is 183 Å². The summed E-state index contributed by atoms with van der Waals surface area (Å²) in [6.07, 6.45) is 1.68. The molecule has 0 unspecified atom stereocenters. The number of furan rings is 1. The van der Waals surface area contributed by atoms with Crippen LogP contribution in [0.4, 0.5) is 5.69 Å². The summed E-state index contributed by atoms with van der Waals surface area (Å²) in [5.41, 5.74) is 4.86. The molecule has 4 rings (SSSR count). The van der Waals surface area contributed by atoms with Crippen molar-refractivity contribution in [1.29, 1.82) is 0 Å². The molecule has 2 N–H and O–H groups in total. The van der Waals surface area contributed by atoms with Crippen LogP contribution in [0, 0.1) is 20.8 Å². The maximum absolute atomic E-state index is 12.4. The van der Waals surface area contributed by atoms with E-state index in [1.54, 1.807) is 36.4 Å². The number of rotatable bonds is 4. The van der Waals surface area contributed by atoms with Gasteiger partial charge in [0.1, 0.15) is 11.5 Å². The molecule has 156 valence electrons. The second kappa shape index (κ2) is 8.28. The highest BCUT2D eigenvalue weighted by Crippen LogP contribution is 2.32. The average molecular weight is 433 g/mol. The summed E-state index contributed by atoms with van der Waals surface area (Å²) in [7, 11) is 0. The average Bonchev–Trinajstić information content (AvgIpc) is 3.32. The molecule has 1 fully saturated rings. The summed E-state index contributed by atoms with van der Waals surface area (Å²) < 4.78 is 5.89. The monoisotopic (exact) mass is 432 g/mol. The van der Waals surface area contributed by atoms with Gasteiger partial charge < -0.3 is 14.8 Å². The van der Waals surface area contributed by atoms with E-state index in [2.05, 4.69) is 10.3 Å². The molecule has 2 aromatic carbocycles. The van der Waals surface area contributed by atoms with Crippen molar-refractivity contribution in [2.75, 3.05) is 0 Å². The van der Waals surface area contributed by atoms with Gasteiger partial charge in [-0.15, -0.1) is 0 Å². The first-order chi connectivity index (χ1) is 14.8. The van der Waals surface area contributed by atoms with Crippen LogP contribution in [-0.2, 0) is 4.79 Å². The van der Waals surface area contributed by atoms with Crippen molar-refractivity contribution in [3.63, 3.8) is 0 Å². The van der Waals surface area contributed by atoms with Crippen molar-refractivity contribution in [2.45, 2.75) is 20.8 Å². The zero-order chi connectivity index (χ0) is 22.1. The van der Waals surface area contributed by atoms with E-state index >= 15 is 0 Å². The predicted octanol–water partition coefficient (Wildman–Crippen LogP) is 5.46. The molecule has 0 saturated carbocycles. The quantitative estimate of drug-likeness (QED) is 0.534. The summed E-state index contributed by atoms with van der Waals surface area (Å²) in [6.45, 7) is 5.86. The summed E-state index contributed by atoms with van der Waals surface area (Å²) >= 11 is 1.26. The molecule has 31 heavy (non-hydrogen) atoms. The van der Waals surface area contributed by atoms with E-state index in [9.17, 15) is 9.59 Å². The van der Waals surface area contributed by atoms with Gasteiger partial charge in [-0.05, 0) is 79.6 Å². The summed E-state index contributed by atoms with van der Waals surface area (Å²) in [6, 6.07) is 14.3. The standard InChI is InChI=1S/C24H20N2O4S/c1-13-5-4-6-19(15(13)3)25-24-26-22(27)21(31-24)12-17-8-10-20(30-17)18-9-7-16(23(28)29)11-14(18)2/h4-12H,1-3H3,(H,28,29)(H,25,26,27)/b21-12-. The minimum atomic E-state index is -0.970. The lowest BCUT2D eigenvalue weighted by Crippen LogP contribution is -2.19. The number of amides is 1. The van der Waals surface area contributed by atoms with Crippen LogP contribution in [0.2, 0.25) is 0 Å². The van der Waals surface area contributed by atoms with Crippen LogP contribution >= 0.6 is 11.8 Å². The van der Waals surface area contributed by atoms with Crippen LogP contribution in [0.5, 0.6) is 0 Å². The Balaban J connectivity index is 1.57. The summed E-state index contributed by atoms with van der Waals surface area (Å²) in [5.74, 6) is -0.0626. The van der Waals surface area contributed by atoms with E-state index in [0.717, 1.165) is 27.9 Å². The molecule has 2 heterocycles. The van der Waals surface area contributed by atoms with Gasteiger partial charge in [0, 0.05) is 11.6 Å². The number of nitrogens with zero attached hydrogens (tertiary/aromatic N) is 1. The number of carboxylic acids is 1. The highest BCUT2D eigenvalue weighted by atomic mass is 32.2. The molecule has 0 aliphatic carbocycles. The Morgan fingerprint density at radius 2 is 1.90 bits per heavy atom. The number of hydrogen-bond donors (Lipinski definition) is 2. The molecule has 3 aromatic rings. The number of carboxylic acid groups (broad SMARTS) is 1. The molecule has 1 aromatic heterocycles. The maximum Gasteiger partial charge on any atom is 0.335 e. The lowest BCUT2D eigenvalue weighted by molar-refractivity contribution is -0.115. The third-order valence-corrected chi connectivity index (χ3v) is 6.00. The van der Waals surface area contributed by atoms with E-state index in [0.29, 0.717) is 21.6 Å². The van der Waals surface area contributed by atoms with Gasteiger partial charge in [-0.3, -0.25) is 4.79 Å². The van der Waals surface area contributed by atoms with Crippen molar-refractivity contribution in [3.8, 4) is 11.3 Å². The van der Waals surface area contributed by atoms with E-state index in [1.807, 2.05) is 39.0 Å². The van der Waals surface area contributed by atoms with E-state index in [1.165, 1.54) is 11.8 Å². The lowest BCUT2D eigenvalue weighted by atomic mass is 10.0. The first-order valence-corrected chi connectivity index (χ1v) is 10.4. The number of aryl methyl sites for hydroxylation is 2. The number of carbonyl (C=O) groups is 2. The molecular weight excluding hydrogens is 412 g/mol.